The number of halogens is 1. The molecule has 0 aliphatic carbocycles. The first-order valence-corrected chi connectivity index (χ1v) is 7.33. The van der Waals surface area contributed by atoms with Crippen molar-refractivity contribution in [3.8, 4) is 5.75 Å². The smallest absolute Gasteiger partial charge is 0.255 e. The molecule has 1 aliphatic heterocycles. The first-order valence-electron chi connectivity index (χ1n) is 6.54. The van der Waals surface area contributed by atoms with Crippen molar-refractivity contribution in [2.24, 2.45) is 0 Å². The molecule has 2 N–H and O–H groups in total. The largest absolute Gasteiger partial charge is 0.496 e. The van der Waals surface area contributed by atoms with Crippen LogP contribution in [0.4, 0.5) is 0 Å². The summed E-state index contributed by atoms with van der Waals surface area (Å²) in [6.07, 6.45) is 2.53. The van der Waals surface area contributed by atoms with Crippen molar-refractivity contribution < 1.29 is 14.3 Å². The maximum absolute atomic E-state index is 12.3. The molecule has 1 atom stereocenters. The average Bonchev–Trinajstić information content (AvgIpc) is 2.64. The first-order chi connectivity index (χ1) is 9.61. The van der Waals surface area contributed by atoms with Crippen LogP contribution >= 0.6 is 15.9 Å². The van der Waals surface area contributed by atoms with Crippen LogP contribution in [0.1, 0.15) is 29.6 Å². The van der Waals surface area contributed by atoms with Crippen LogP contribution in [-0.2, 0) is 4.79 Å². The molecule has 0 spiro atoms. The third kappa shape index (κ3) is 3.50. The minimum absolute atomic E-state index is 0.119. The minimum Gasteiger partial charge on any atom is -0.496 e. The van der Waals surface area contributed by atoms with Gasteiger partial charge in [0.1, 0.15) is 11.8 Å². The highest BCUT2D eigenvalue weighted by Gasteiger charge is 2.24. The molecule has 0 saturated carbocycles. The Kier molecular flexibility index (Phi) is 5.00. The molecule has 1 heterocycles. The number of carbonyl (C=O) groups is 2. The number of rotatable bonds is 3. The Morgan fingerprint density at radius 1 is 1.45 bits per heavy atom. The first kappa shape index (κ1) is 14.8. The highest BCUT2D eigenvalue weighted by atomic mass is 79.9. The van der Waals surface area contributed by atoms with Crippen LogP contribution < -0.4 is 15.4 Å². The van der Waals surface area contributed by atoms with Crippen LogP contribution in [0.3, 0.4) is 0 Å². The summed E-state index contributed by atoms with van der Waals surface area (Å²) in [5.41, 5.74) is 0.424. The van der Waals surface area contributed by atoms with Gasteiger partial charge in [0.2, 0.25) is 5.91 Å². The van der Waals surface area contributed by atoms with Gasteiger partial charge in [0, 0.05) is 11.0 Å². The van der Waals surface area contributed by atoms with Crippen molar-refractivity contribution in [2.45, 2.75) is 25.3 Å². The Hall–Kier alpha value is -1.56. The van der Waals surface area contributed by atoms with Crippen LogP contribution in [-0.4, -0.2) is 31.5 Å². The van der Waals surface area contributed by atoms with Crippen LogP contribution in [0.15, 0.2) is 22.7 Å². The lowest BCUT2D eigenvalue weighted by molar-refractivity contribution is -0.122. The second kappa shape index (κ2) is 6.74. The van der Waals surface area contributed by atoms with Gasteiger partial charge in [-0.25, -0.2) is 0 Å². The third-order valence-corrected chi connectivity index (χ3v) is 3.74. The molecule has 5 nitrogen and oxygen atoms in total. The Morgan fingerprint density at radius 2 is 2.25 bits per heavy atom. The maximum atomic E-state index is 12.3. The summed E-state index contributed by atoms with van der Waals surface area (Å²) in [5, 5.41) is 5.57. The average molecular weight is 341 g/mol. The molecular weight excluding hydrogens is 324 g/mol. The normalized spacial score (nSPS) is 18.9. The Morgan fingerprint density at radius 3 is 3.00 bits per heavy atom. The molecule has 108 valence electrons. The Balaban J connectivity index is 2.13. The van der Waals surface area contributed by atoms with Gasteiger partial charge in [0.15, 0.2) is 0 Å². The SMILES string of the molecule is COc1cc(Br)ccc1C(=O)NC1CCCCNC1=O. The summed E-state index contributed by atoms with van der Waals surface area (Å²) in [5.74, 6) is 0.0641. The van der Waals surface area contributed by atoms with Crippen molar-refractivity contribution in [1.82, 2.24) is 10.6 Å². The van der Waals surface area contributed by atoms with E-state index >= 15 is 0 Å². The van der Waals surface area contributed by atoms with Gasteiger partial charge in [0.25, 0.3) is 5.91 Å². The predicted molar refractivity (Wildman–Crippen MR) is 78.8 cm³/mol. The number of nitrogens with one attached hydrogen (secondary N) is 2. The van der Waals surface area contributed by atoms with Crippen LogP contribution in [0.25, 0.3) is 0 Å². The molecule has 20 heavy (non-hydrogen) atoms. The van der Waals surface area contributed by atoms with E-state index in [0.717, 1.165) is 17.3 Å². The van der Waals surface area contributed by atoms with Gasteiger partial charge in [-0.05, 0) is 37.5 Å². The van der Waals surface area contributed by atoms with Gasteiger partial charge in [-0.1, -0.05) is 15.9 Å². The predicted octanol–water partition coefficient (Wildman–Crippen LogP) is 1.86. The molecule has 0 radical (unpaired) electrons. The van der Waals surface area contributed by atoms with E-state index in [1.54, 1.807) is 18.2 Å². The van der Waals surface area contributed by atoms with E-state index in [4.69, 9.17) is 4.74 Å². The zero-order valence-electron chi connectivity index (χ0n) is 11.2. The highest BCUT2D eigenvalue weighted by Crippen LogP contribution is 2.23. The number of benzene rings is 1. The van der Waals surface area contributed by atoms with Crippen LogP contribution in [0.2, 0.25) is 0 Å². The minimum atomic E-state index is -0.474. The van der Waals surface area contributed by atoms with Crippen molar-refractivity contribution >= 4 is 27.7 Å². The Labute approximate surface area is 126 Å². The zero-order valence-corrected chi connectivity index (χ0v) is 12.8. The number of carbonyl (C=O) groups excluding carboxylic acids is 2. The standard InChI is InChI=1S/C14H17BrN2O3/c1-20-12-8-9(15)5-6-10(12)13(18)17-11-4-2-3-7-16-14(11)19/h5-6,8,11H,2-4,7H2,1H3,(H,16,19)(H,17,18). The lowest BCUT2D eigenvalue weighted by Gasteiger charge is -2.16. The van der Waals surface area contributed by atoms with E-state index in [-0.39, 0.29) is 11.8 Å². The van der Waals surface area contributed by atoms with Crippen molar-refractivity contribution in [2.75, 3.05) is 13.7 Å². The molecule has 0 bridgehead atoms. The van der Waals surface area contributed by atoms with E-state index in [2.05, 4.69) is 26.6 Å². The van der Waals surface area contributed by atoms with Gasteiger partial charge in [-0.15, -0.1) is 0 Å². The second-order valence-corrected chi connectivity index (χ2v) is 5.57. The summed E-state index contributed by atoms with van der Waals surface area (Å²) in [7, 11) is 1.51. The molecule has 0 aromatic heterocycles. The van der Waals surface area contributed by atoms with E-state index < -0.39 is 6.04 Å². The molecule has 1 aromatic carbocycles. The number of hydrogen-bond donors (Lipinski definition) is 2. The third-order valence-electron chi connectivity index (χ3n) is 3.25. The molecule has 2 amide bonds. The van der Waals surface area contributed by atoms with Crippen molar-refractivity contribution in [3.63, 3.8) is 0 Å². The molecule has 2 rings (SSSR count). The molecule has 1 saturated heterocycles. The van der Waals surface area contributed by atoms with Crippen LogP contribution in [0, 0.1) is 0 Å². The molecule has 1 aliphatic rings. The van der Waals surface area contributed by atoms with E-state index in [0.29, 0.717) is 24.3 Å². The number of ether oxygens (including phenoxy) is 1. The number of hydrogen-bond acceptors (Lipinski definition) is 3. The fourth-order valence-corrected chi connectivity index (χ4v) is 2.51. The molecular formula is C14H17BrN2O3. The summed E-state index contributed by atoms with van der Waals surface area (Å²) in [6, 6.07) is 4.69. The Bertz CT molecular complexity index is 519. The molecule has 6 heteroatoms. The molecule has 1 aromatic rings. The summed E-state index contributed by atoms with van der Waals surface area (Å²) >= 11 is 3.33. The molecule has 1 unspecified atom stereocenters. The van der Waals surface area contributed by atoms with Crippen molar-refractivity contribution in [1.29, 1.82) is 0 Å². The topological polar surface area (TPSA) is 67.4 Å². The van der Waals surface area contributed by atoms with Crippen molar-refractivity contribution in [3.05, 3.63) is 28.2 Å². The highest BCUT2D eigenvalue weighted by molar-refractivity contribution is 9.10. The number of methoxy groups -OCH3 is 1. The lowest BCUT2D eigenvalue weighted by Crippen LogP contribution is -2.45. The number of amides is 2. The van der Waals surface area contributed by atoms with Gasteiger partial charge >= 0.3 is 0 Å². The van der Waals surface area contributed by atoms with Gasteiger partial charge in [-0.2, -0.15) is 0 Å². The zero-order chi connectivity index (χ0) is 14.5. The van der Waals surface area contributed by atoms with E-state index in [9.17, 15) is 9.59 Å². The fraction of sp³-hybridized carbons (Fsp3) is 0.429. The van der Waals surface area contributed by atoms with Crippen LogP contribution in [0.5, 0.6) is 5.75 Å². The maximum Gasteiger partial charge on any atom is 0.255 e. The fourth-order valence-electron chi connectivity index (χ4n) is 2.17. The molecule has 1 fully saturated rings. The second-order valence-electron chi connectivity index (χ2n) is 4.66. The monoisotopic (exact) mass is 340 g/mol. The van der Waals surface area contributed by atoms with E-state index in [1.165, 1.54) is 7.11 Å². The lowest BCUT2D eigenvalue weighted by atomic mass is 10.1. The van der Waals surface area contributed by atoms with Gasteiger partial charge in [0.05, 0.1) is 12.7 Å². The van der Waals surface area contributed by atoms with Gasteiger partial charge < -0.3 is 15.4 Å². The van der Waals surface area contributed by atoms with E-state index in [1.807, 2.05) is 0 Å². The summed E-state index contributed by atoms with van der Waals surface area (Å²) in [6.45, 7) is 0.673. The quantitative estimate of drug-likeness (QED) is 0.882. The summed E-state index contributed by atoms with van der Waals surface area (Å²) < 4.78 is 6.03. The summed E-state index contributed by atoms with van der Waals surface area (Å²) in [4.78, 5) is 24.1. The van der Waals surface area contributed by atoms with Gasteiger partial charge in [-0.3, -0.25) is 9.59 Å².